The molecule has 0 aliphatic heterocycles. The molecule has 0 spiro atoms. The number of rotatable bonds is 4. The molecule has 4 heteroatoms. The molecule has 0 unspecified atom stereocenters. The van der Waals surface area contributed by atoms with Crippen molar-refractivity contribution in [2.24, 2.45) is 0 Å². The van der Waals surface area contributed by atoms with Crippen molar-refractivity contribution in [2.45, 2.75) is 6.42 Å². The monoisotopic (exact) mass is 393 g/mol. The van der Waals surface area contributed by atoms with Gasteiger partial charge >= 0.3 is 0 Å². The maximum absolute atomic E-state index is 5.27. The van der Waals surface area contributed by atoms with E-state index >= 15 is 0 Å². The van der Waals surface area contributed by atoms with Gasteiger partial charge in [-0.25, -0.2) is 0 Å². The van der Waals surface area contributed by atoms with Crippen LogP contribution in [0.1, 0.15) is 11.3 Å². The second-order valence-corrected chi connectivity index (χ2v) is 6.84. The molecule has 0 saturated carbocycles. The van der Waals surface area contributed by atoms with Crippen molar-refractivity contribution >= 4 is 21.6 Å². The molecule has 0 aliphatic carbocycles. The normalized spacial score (nSPS) is 11.0. The first kappa shape index (κ1) is 15.9. The van der Waals surface area contributed by atoms with E-state index in [1.54, 1.807) is 7.11 Å². The first-order chi connectivity index (χ1) is 12.2. The Hall–Kier alpha value is -2.59. The lowest BCUT2D eigenvalue weighted by molar-refractivity contribution is -0.566. The number of ether oxygens (including phenoxy) is 1. The summed E-state index contributed by atoms with van der Waals surface area (Å²) < 4.78 is 10.8. The second kappa shape index (κ2) is 6.73. The minimum atomic E-state index is 0.864. The van der Waals surface area contributed by atoms with Crippen molar-refractivity contribution in [3.63, 3.8) is 0 Å². The minimum absolute atomic E-state index is 0.864. The highest BCUT2D eigenvalue weighted by atomic mass is 79.9. The first-order valence-electron chi connectivity index (χ1n) is 8.14. The van der Waals surface area contributed by atoms with Crippen LogP contribution in [0.25, 0.3) is 11.3 Å². The highest BCUT2D eigenvalue weighted by Crippen LogP contribution is 2.17. The number of hydrogen-bond acceptors (Lipinski definition) is 1. The van der Waals surface area contributed by atoms with Crippen LogP contribution in [-0.2, 0) is 6.42 Å². The molecule has 0 bridgehead atoms. The summed E-state index contributed by atoms with van der Waals surface area (Å²) in [4.78, 5) is 0. The van der Waals surface area contributed by atoms with Gasteiger partial charge in [0.05, 0.1) is 13.3 Å². The number of nitrogens with zero attached hydrogens (tertiary/aromatic N) is 2. The maximum Gasteiger partial charge on any atom is 0.291 e. The van der Waals surface area contributed by atoms with E-state index < -0.39 is 0 Å². The van der Waals surface area contributed by atoms with Gasteiger partial charge in [-0.15, -0.1) is 0 Å². The van der Waals surface area contributed by atoms with Crippen LogP contribution < -0.4 is 9.30 Å². The summed E-state index contributed by atoms with van der Waals surface area (Å²) in [5.41, 5.74) is 4.79. The van der Waals surface area contributed by atoms with E-state index in [9.17, 15) is 0 Å². The lowest BCUT2D eigenvalue weighted by Gasteiger charge is -2.00. The van der Waals surface area contributed by atoms with Gasteiger partial charge in [-0.05, 0) is 48.0 Å². The molecular weight excluding hydrogens is 376 g/mol. The number of fused-ring (bicyclic) bond motifs is 1. The zero-order chi connectivity index (χ0) is 17.2. The van der Waals surface area contributed by atoms with Gasteiger partial charge in [-0.1, -0.05) is 34.1 Å². The van der Waals surface area contributed by atoms with Gasteiger partial charge in [0, 0.05) is 17.0 Å². The van der Waals surface area contributed by atoms with Crippen molar-refractivity contribution in [2.75, 3.05) is 7.11 Å². The van der Waals surface area contributed by atoms with Gasteiger partial charge in [-0.2, -0.15) is 8.97 Å². The molecule has 25 heavy (non-hydrogen) atoms. The maximum atomic E-state index is 5.27. The van der Waals surface area contributed by atoms with E-state index in [1.807, 2.05) is 12.1 Å². The predicted molar refractivity (Wildman–Crippen MR) is 102 cm³/mol. The Morgan fingerprint density at radius 1 is 0.960 bits per heavy atom. The van der Waals surface area contributed by atoms with Crippen molar-refractivity contribution in [3.8, 4) is 11.4 Å². The molecule has 0 radical (unpaired) electrons. The molecule has 0 atom stereocenters. The van der Waals surface area contributed by atoms with Gasteiger partial charge in [0.25, 0.3) is 5.65 Å². The Kier molecular flexibility index (Phi) is 4.28. The predicted octanol–water partition coefficient (Wildman–Crippen LogP) is 4.58. The van der Waals surface area contributed by atoms with Crippen LogP contribution in [0.5, 0.6) is 5.75 Å². The Labute approximate surface area is 155 Å². The van der Waals surface area contributed by atoms with Gasteiger partial charge in [0.15, 0.2) is 5.69 Å². The molecule has 4 rings (SSSR count). The third-order valence-corrected chi connectivity index (χ3v) is 4.85. The van der Waals surface area contributed by atoms with Crippen molar-refractivity contribution in [1.29, 1.82) is 0 Å². The van der Waals surface area contributed by atoms with E-state index in [2.05, 4.69) is 91.9 Å². The minimum Gasteiger partial charge on any atom is -0.497 e. The summed E-state index contributed by atoms with van der Waals surface area (Å²) in [7, 11) is 1.69. The molecule has 2 heterocycles. The molecule has 0 fully saturated rings. The van der Waals surface area contributed by atoms with E-state index in [0.717, 1.165) is 28.0 Å². The van der Waals surface area contributed by atoms with E-state index in [4.69, 9.17) is 4.74 Å². The average Bonchev–Trinajstić information content (AvgIpc) is 3.02. The molecule has 124 valence electrons. The molecule has 2 aromatic carbocycles. The van der Waals surface area contributed by atoms with Crippen LogP contribution in [0.3, 0.4) is 0 Å². The number of hydrogen-bond donors (Lipinski definition) is 0. The molecule has 4 aromatic rings. The van der Waals surface area contributed by atoms with Gasteiger partial charge in [0.1, 0.15) is 17.6 Å². The topological polar surface area (TPSA) is 17.5 Å². The van der Waals surface area contributed by atoms with E-state index in [0.29, 0.717) is 0 Å². The zero-order valence-corrected chi connectivity index (χ0v) is 15.5. The summed E-state index contributed by atoms with van der Waals surface area (Å²) in [5.74, 6) is 0.864. The number of aromatic nitrogens is 2. The number of pyridine rings is 1. The lowest BCUT2D eigenvalue weighted by Crippen LogP contribution is -2.28. The van der Waals surface area contributed by atoms with Crippen molar-refractivity contribution < 1.29 is 9.30 Å². The number of imidazole rings is 1. The van der Waals surface area contributed by atoms with Crippen LogP contribution in [0.2, 0.25) is 0 Å². The SMILES string of the molecule is COc1ccc(-[n+]2cc(Cc3ccc(Br)cc3)n3ccccc32)cc1. The first-order valence-corrected chi connectivity index (χ1v) is 8.93. The van der Waals surface area contributed by atoms with E-state index in [1.165, 1.54) is 11.3 Å². The standard InChI is InChI=1S/C21H18BrN2O/c1-25-20-11-9-18(10-12-20)24-15-19(23-13-3-2-4-21(23)24)14-16-5-7-17(22)8-6-16/h2-13,15H,14H2,1H3/q+1. The Morgan fingerprint density at radius 2 is 1.72 bits per heavy atom. The zero-order valence-electron chi connectivity index (χ0n) is 13.9. The average molecular weight is 394 g/mol. The Morgan fingerprint density at radius 3 is 2.44 bits per heavy atom. The fraction of sp³-hybridized carbons (Fsp3) is 0.0952. The summed E-state index contributed by atoms with van der Waals surface area (Å²) >= 11 is 3.50. The molecule has 0 saturated heterocycles. The highest BCUT2D eigenvalue weighted by molar-refractivity contribution is 9.10. The molecule has 0 amide bonds. The largest absolute Gasteiger partial charge is 0.497 e. The quantitative estimate of drug-likeness (QED) is 0.464. The van der Waals surface area contributed by atoms with Crippen LogP contribution >= 0.6 is 15.9 Å². The fourth-order valence-electron chi connectivity index (χ4n) is 3.04. The summed E-state index contributed by atoms with van der Waals surface area (Å²) in [6, 6.07) is 22.9. The third-order valence-electron chi connectivity index (χ3n) is 4.32. The van der Waals surface area contributed by atoms with Gasteiger partial charge in [0.2, 0.25) is 0 Å². The molecule has 0 N–H and O–H groups in total. The van der Waals surface area contributed by atoms with Crippen molar-refractivity contribution in [1.82, 2.24) is 4.40 Å². The molecule has 3 nitrogen and oxygen atoms in total. The summed E-state index contributed by atoms with van der Waals surface area (Å²) in [6.07, 6.45) is 5.20. The Bertz CT molecular complexity index is 1000. The smallest absolute Gasteiger partial charge is 0.291 e. The number of benzene rings is 2. The molecule has 0 aliphatic rings. The van der Waals surface area contributed by atoms with Gasteiger partial charge in [-0.3, -0.25) is 0 Å². The third kappa shape index (κ3) is 3.17. The second-order valence-electron chi connectivity index (χ2n) is 5.92. The summed E-state index contributed by atoms with van der Waals surface area (Å²) in [6.45, 7) is 0. The van der Waals surface area contributed by atoms with E-state index in [-0.39, 0.29) is 0 Å². The van der Waals surface area contributed by atoms with Crippen LogP contribution in [0.4, 0.5) is 0 Å². The Balaban J connectivity index is 1.79. The fourth-order valence-corrected chi connectivity index (χ4v) is 3.31. The van der Waals surface area contributed by atoms with Crippen LogP contribution in [-0.4, -0.2) is 11.5 Å². The molecular formula is C21H18BrN2O+. The van der Waals surface area contributed by atoms with Crippen LogP contribution in [0.15, 0.2) is 83.6 Å². The van der Waals surface area contributed by atoms with Crippen molar-refractivity contribution in [3.05, 3.63) is 94.9 Å². The highest BCUT2D eigenvalue weighted by Gasteiger charge is 2.18. The van der Waals surface area contributed by atoms with Gasteiger partial charge < -0.3 is 4.74 Å². The molecule has 2 aromatic heterocycles. The number of methoxy groups -OCH3 is 1. The lowest BCUT2D eigenvalue weighted by atomic mass is 10.1. The number of halogens is 1. The summed E-state index contributed by atoms with van der Waals surface area (Å²) in [5, 5.41) is 0. The van der Waals surface area contributed by atoms with Crippen LogP contribution in [0, 0.1) is 0 Å².